The van der Waals surface area contributed by atoms with Gasteiger partial charge in [0.15, 0.2) is 0 Å². The first-order chi connectivity index (χ1) is 7.93. The number of nitrogens with one attached hydrogen (secondary N) is 2. The Labute approximate surface area is 107 Å². The molecule has 0 aliphatic carbocycles. The summed E-state index contributed by atoms with van der Waals surface area (Å²) in [6.07, 6.45) is 0.713. The van der Waals surface area contributed by atoms with Crippen LogP contribution in [0.2, 0.25) is 0 Å². The normalized spacial score (nSPS) is 12.3. The summed E-state index contributed by atoms with van der Waals surface area (Å²) in [6.45, 7) is 7.43. The van der Waals surface area contributed by atoms with Crippen LogP contribution < -0.4 is 10.6 Å². The maximum Gasteiger partial charge on any atom is 0.321 e. The van der Waals surface area contributed by atoms with Crippen LogP contribution in [0, 0.1) is 5.92 Å². The van der Waals surface area contributed by atoms with Crippen molar-refractivity contribution in [2.75, 3.05) is 19.8 Å². The molecule has 0 aromatic carbocycles. The molecule has 0 fully saturated rings. The highest BCUT2D eigenvalue weighted by Gasteiger charge is 2.11. The molecule has 6 heteroatoms. The van der Waals surface area contributed by atoms with Crippen LogP contribution in [-0.2, 0) is 9.53 Å². The van der Waals surface area contributed by atoms with E-state index in [-0.39, 0.29) is 0 Å². The van der Waals surface area contributed by atoms with Crippen molar-refractivity contribution in [2.24, 2.45) is 5.92 Å². The first kappa shape index (κ1) is 16.2. The number of ether oxygens (including phenoxy) is 1. The van der Waals surface area contributed by atoms with Crippen molar-refractivity contribution < 1.29 is 14.3 Å². The van der Waals surface area contributed by atoms with E-state index in [2.05, 4.69) is 24.5 Å². The third-order valence-electron chi connectivity index (χ3n) is 1.80. The summed E-state index contributed by atoms with van der Waals surface area (Å²) in [5.74, 6) is 0.00862. The number of carbonyl (C=O) groups is 2. The van der Waals surface area contributed by atoms with Gasteiger partial charge in [0.25, 0.3) is 0 Å². The highest BCUT2D eigenvalue weighted by Crippen LogP contribution is 1.93. The van der Waals surface area contributed by atoms with Gasteiger partial charge in [-0.1, -0.05) is 13.8 Å². The minimum Gasteiger partial charge on any atom is -0.381 e. The largest absolute Gasteiger partial charge is 0.381 e. The smallest absolute Gasteiger partial charge is 0.321 e. The zero-order valence-corrected chi connectivity index (χ0v) is 11.3. The van der Waals surface area contributed by atoms with Crippen LogP contribution in [0.4, 0.5) is 4.79 Å². The Morgan fingerprint density at radius 3 is 2.47 bits per heavy atom. The maximum atomic E-state index is 11.2. The highest BCUT2D eigenvalue weighted by molar-refractivity contribution is 6.31. The minimum atomic E-state index is -0.713. The summed E-state index contributed by atoms with van der Waals surface area (Å²) in [7, 11) is 0. The summed E-state index contributed by atoms with van der Waals surface area (Å²) in [5, 5.41) is 3.96. The zero-order valence-electron chi connectivity index (χ0n) is 10.6. The summed E-state index contributed by atoms with van der Waals surface area (Å²) in [6, 6.07) is -0.522. The molecule has 0 spiro atoms. The lowest BCUT2D eigenvalue weighted by atomic mass is 10.2. The monoisotopic (exact) mass is 264 g/mol. The van der Waals surface area contributed by atoms with Crippen molar-refractivity contribution in [3.8, 4) is 0 Å². The van der Waals surface area contributed by atoms with Crippen molar-refractivity contribution in [3.63, 3.8) is 0 Å². The second-order valence-corrected chi connectivity index (χ2v) is 4.84. The number of carbonyl (C=O) groups excluding carboxylic acids is 2. The molecule has 1 unspecified atom stereocenters. The van der Waals surface area contributed by atoms with E-state index in [9.17, 15) is 9.59 Å². The molecule has 5 nitrogen and oxygen atoms in total. The lowest BCUT2D eigenvalue weighted by Crippen LogP contribution is -2.42. The first-order valence-corrected chi connectivity index (χ1v) is 6.17. The van der Waals surface area contributed by atoms with Crippen LogP contribution in [0.1, 0.15) is 27.2 Å². The average molecular weight is 265 g/mol. The molecule has 0 radical (unpaired) electrons. The van der Waals surface area contributed by atoms with Gasteiger partial charge in [-0.3, -0.25) is 10.1 Å². The molecule has 17 heavy (non-hydrogen) atoms. The van der Waals surface area contributed by atoms with Crippen molar-refractivity contribution >= 4 is 23.5 Å². The standard InChI is InChI=1S/C11H21ClN2O3/c1-8(2)7-17-6-4-5-13-11(16)14-10(15)9(3)12/h8-9H,4-7H2,1-3H3,(H2,13,14,15,16). The fraction of sp³-hybridized carbons (Fsp3) is 0.818. The number of hydrogen-bond acceptors (Lipinski definition) is 3. The molecule has 0 aliphatic rings. The van der Waals surface area contributed by atoms with Crippen LogP contribution in [0.3, 0.4) is 0 Å². The van der Waals surface area contributed by atoms with E-state index >= 15 is 0 Å². The van der Waals surface area contributed by atoms with Gasteiger partial charge in [0.1, 0.15) is 5.38 Å². The van der Waals surface area contributed by atoms with E-state index in [0.717, 1.165) is 0 Å². The predicted octanol–water partition coefficient (Wildman–Crippen LogP) is 1.50. The van der Waals surface area contributed by atoms with Gasteiger partial charge in [-0.25, -0.2) is 4.79 Å². The Balaban J connectivity index is 3.43. The Morgan fingerprint density at radius 2 is 1.94 bits per heavy atom. The molecule has 0 rings (SSSR count). The first-order valence-electron chi connectivity index (χ1n) is 5.74. The molecular weight excluding hydrogens is 244 g/mol. The van der Waals surface area contributed by atoms with Gasteiger partial charge in [-0.2, -0.15) is 0 Å². The molecule has 0 aliphatic heterocycles. The van der Waals surface area contributed by atoms with Gasteiger partial charge < -0.3 is 10.1 Å². The minimum absolute atomic E-state index is 0.466. The Hall–Kier alpha value is -0.810. The zero-order chi connectivity index (χ0) is 13.3. The van der Waals surface area contributed by atoms with Crippen molar-refractivity contribution in [2.45, 2.75) is 32.6 Å². The molecule has 0 aromatic heterocycles. The molecule has 0 saturated heterocycles. The number of hydrogen-bond donors (Lipinski definition) is 2. The number of amides is 3. The van der Waals surface area contributed by atoms with Gasteiger partial charge in [0, 0.05) is 19.8 Å². The third-order valence-corrected chi connectivity index (χ3v) is 2.00. The Kier molecular flexibility index (Phi) is 8.80. The van der Waals surface area contributed by atoms with Crippen LogP contribution in [0.15, 0.2) is 0 Å². The van der Waals surface area contributed by atoms with Gasteiger partial charge in [-0.05, 0) is 19.3 Å². The molecule has 0 aromatic rings. The van der Waals surface area contributed by atoms with E-state index < -0.39 is 17.3 Å². The van der Waals surface area contributed by atoms with E-state index in [1.165, 1.54) is 6.92 Å². The van der Waals surface area contributed by atoms with Crippen LogP contribution >= 0.6 is 11.6 Å². The van der Waals surface area contributed by atoms with Crippen molar-refractivity contribution in [1.82, 2.24) is 10.6 Å². The summed E-state index contributed by atoms with van der Waals surface area (Å²) < 4.78 is 5.34. The van der Waals surface area contributed by atoms with Gasteiger partial charge in [0.2, 0.25) is 5.91 Å². The number of alkyl halides is 1. The maximum absolute atomic E-state index is 11.2. The third kappa shape index (κ3) is 10.1. The quantitative estimate of drug-likeness (QED) is 0.541. The van der Waals surface area contributed by atoms with Gasteiger partial charge >= 0.3 is 6.03 Å². The Morgan fingerprint density at radius 1 is 1.29 bits per heavy atom. The topological polar surface area (TPSA) is 67.4 Å². The fourth-order valence-corrected chi connectivity index (χ4v) is 1.01. The Bertz CT molecular complexity index is 245. The second kappa shape index (κ2) is 9.24. The second-order valence-electron chi connectivity index (χ2n) is 4.18. The van der Waals surface area contributed by atoms with E-state index in [4.69, 9.17) is 16.3 Å². The lowest BCUT2D eigenvalue weighted by molar-refractivity contribution is -0.119. The highest BCUT2D eigenvalue weighted by atomic mass is 35.5. The number of urea groups is 1. The van der Waals surface area contributed by atoms with E-state index in [1.54, 1.807) is 0 Å². The van der Waals surface area contributed by atoms with Crippen LogP contribution in [0.25, 0.3) is 0 Å². The molecule has 0 heterocycles. The molecule has 2 N–H and O–H groups in total. The van der Waals surface area contributed by atoms with E-state index in [1.807, 2.05) is 0 Å². The average Bonchev–Trinajstić information content (AvgIpc) is 2.22. The molecule has 3 amide bonds. The molecule has 1 atom stereocenters. The molecular formula is C11H21ClN2O3. The summed E-state index contributed by atoms with van der Waals surface area (Å²) >= 11 is 5.49. The number of rotatable bonds is 7. The van der Waals surface area contributed by atoms with Gasteiger partial charge in [-0.15, -0.1) is 11.6 Å². The van der Waals surface area contributed by atoms with Crippen molar-refractivity contribution in [3.05, 3.63) is 0 Å². The van der Waals surface area contributed by atoms with Crippen molar-refractivity contribution in [1.29, 1.82) is 0 Å². The van der Waals surface area contributed by atoms with Crippen LogP contribution in [0.5, 0.6) is 0 Å². The summed E-state index contributed by atoms with van der Waals surface area (Å²) in [5.41, 5.74) is 0. The number of imide groups is 1. The van der Waals surface area contributed by atoms with E-state index in [0.29, 0.717) is 32.1 Å². The van der Waals surface area contributed by atoms with Gasteiger partial charge in [0.05, 0.1) is 0 Å². The number of halogens is 1. The predicted molar refractivity (Wildman–Crippen MR) is 67.1 cm³/mol. The van der Waals surface area contributed by atoms with Crippen LogP contribution in [-0.4, -0.2) is 37.1 Å². The lowest BCUT2D eigenvalue weighted by Gasteiger charge is -2.08. The fourth-order valence-electron chi connectivity index (χ4n) is 0.951. The molecule has 100 valence electrons. The molecule has 0 saturated carbocycles. The SMILES string of the molecule is CC(C)COCCCNC(=O)NC(=O)C(C)Cl. The molecule has 0 bridgehead atoms. The summed E-state index contributed by atoms with van der Waals surface area (Å²) in [4.78, 5) is 22.2.